The fourth-order valence-electron chi connectivity index (χ4n) is 2.79. The fourth-order valence-corrected chi connectivity index (χ4v) is 4.23. The number of hydrogen-bond acceptors (Lipinski definition) is 8. The molecule has 26 heavy (non-hydrogen) atoms. The molecular formula is C16H19N3O6S. The lowest BCUT2D eigenvalue weighted by molar-refractivity contribution is -0.0179. The van der Waals surface area contributed by atoms with Crippen LogP contribution in [-0.2, 0) is 14.8 Å². The predicted octanol–water partition coefficient (Wildman–Crippen LogP) is 1.68. The number of morpholine rings is 1. The van der Waals surface area contributed by atoms with E-state index < -0.39 is 16.1 Å². The normalized spacial score (nSPS) is 20.7. The van der Waals surface area contributed by atoms with Gasteiger partial charge in [0.25, 0.3) is 0 Å². The van der Waals surface area contributed by atoms with Gasteiger partial charge in [0.15, 0.2) is 11.5 Å². The van der Waals surface area contributed by atoms with E-state index in [-0.39, 0.29) is 37.3 Å². The molecule has 0 amide bonds. The molecule has 1 atom stereocenters. The van der Waals surface area contributed by atoms with Crippen molar-refractivity contribution in [1.29, 1.82) is 0 Å². The fraction of sp³-hybridized carbons (Fsp3) is 0.500. The van der Waals surface area contributed by atoms with Crippen molar-refractivity contribution in [2.75, 3.05) is 26.5 Å². The van der Waals surface area contributed by atoms with Crippen LogP contribution in [0.15, 0.2) is 27.5 Å². The Morgan fingerprint density at radius 1 is 1.19 bits per heavy atom. The number of hydrogen-bond donors (Lipinski definition) is 0. The lowest BCUT2D eigenvalue weighted by atomic mass is 10.2. The average Bonchev–Trinajstić information content (AvgIpc) is 3.30. The standard InChI is InChI=1S/C16H19N3O6S/c1-10(2)15-17-18-16(25-15)14-8-19(5-6-22-14)26(20,21)11-3-4-12-13(7-11)24-9-23-12/h3-4,7,10,14H,5-6,8-9H2,1-2H3/t14-/m1/s1. The second kappa shape index (κ2) is 6.53. The second-order valence-electron chi connectivity index (χ2n) is 6.37. The van der Waals surface area contributed by atoms with Gasteiger partial charge in [0.05, 0.1) is 11.5 Å². The van der Waals surface area contributed by atoms with E-state index in [0.29, 0.717) is 23.3 Å². The van der Waals surface area contributed by atoms with E-state index in [4.69, 9.17) is 18.6 Å². The van der Waals surface area contributed by atoms with Gasteiger partial charge in [0.1, 0.15) is 6.10 Å². The molecule has 0 radical (unpaired) electrons. The first-order chi connectivity index (χ1) is 12.4. The molecule has 0 N–H and O–H groups in total. The maximum atomic E-state index is 13.0. The summed E-state index contributed by atoms with van der Waals surface area (Å²) in [5.41, 5.74) is 0. The zero-order valence-electron chi connectivity index (χ0n) is 14.4. The first kappa shape index (κ1) is 17.3. The van der Waals surface area contributed by atoms with Crippen molar-refractivity contribution in [1.82, 2.24) is 14.5 Å². The highest BCUT2D eigenvalue weighted by molar-refractivity contribution is 7.89. The van der Waals surface area contributed by atoms with Crippen molar-refractivity contribution in [2.24, 2.45) is 0 Å². The van der Waals surface area contributed by atoms with E-state index in [2.05, 4.69) is 10.2 Å². The number of aromatic nitrogens is 2. The third-order valence-electron chi connectivity index (χ3n) is 4.24. The summed E-state index contributed by atoms with van der Waals surface area (Å²) in [7, 11) is -3.71. The third-order valence-corrected chi connectivity index (χ3v) is 6.10. The number of sulfonamides is 1. The van der Waals surface area contributed by atoms with E-state index in [1.54, 1.807) is 6.07 Å². The second-order valence-corrected chi connectivity index (χ2v) is 8.31. The molecule has 4 rings (SSSR count). The molecule has 0 spiro atoms. The first-order valence-electron chi connectivity index (χ1n) is 8.30. The maximum absolute atomic E-state index is 13.0. The minimum atomic E-state index is -3.71. The van der Waals surface area contributed by atoms with E-state index in [1.165, 1.54) is 16.4 Å². The molecule has 140 valence electrons. The number of nitrogens with zero attached hydrogens (tertiary/aromatic N) is 3. The van der Waals surface area contributed by atoms with Gasteiger partial charge < -0.3 is 18.6 Å². The molecule has 3 heterocycles. The Kier molecular flexibility index (Phi) is 4.33. The lowest BCUT2D eigenvalue weighted by Crippen LogP contribution is -2.42. The van der Waals surface area contributed by atoms with Crippen LogP contribution in [0.5, 0.6) is 11.5 Å². The Labute approximate surface area is 150 Å². The Bertz CT molecular complexity index is 910. The minimum absolute atomic E-state index is 0.0910. The van der Waals surface area contributed by atoms with Crippen LogP contribution in [0.4, 0.5) is 0 Å². The van der Waals surface area contributed by atoms with E-state index in [9.17, 15) is 8.42 Å². The number of benzene rings is 1. The monoisotopic (exact) mass is 381 g/mol. The van der Waals surface area contributed by atoms with Crippen LogP contribution in [0.1, 0.15) is 37.7 Å². The van der Waals surface area contributed by atoms with E-state index in [0.717, 1.165) is 0 Å². The number of ether oxygens (including phenoxy) is 3. The Hall–Kier alpha value is -2.17. The van der Waals surface area contributed by atoms with E-state index in [1.807, 2.05) is 13.8 Å². The zero-order chi connectivity index (χ0) is 18.3. The molecule has 1 aromatic heterocycles. The first-order valence-corrected chi connectivity index (χ1v) is 9.74. The summed E-state index contributed by atoms with van der Waals surface area (Å²) in [6, 6.07) is 4.59. The molecule has 1 fully saturated rings. The molecule has 1 aromatic carbocycles. The van der Waals surface area contributed by atoms with Gasteiger partial charge in [-0.05, 0) is 12.1 Å². The summed E-state index contributed by atoms with van der Waals surface area (Å²) in [4.78, 5) is 0.149. The molecule has 0 aliphatic carbocycles. The summed E-state index contributed by atoms with van der Waals surface area (Å²) in [5, 5.41) is 7.98. The smallest absolute Gasteiger partial charge is 0.246 e. The Morgan fingerprint density at radius 3 is 2.77 bits per heavy atom. The van der Waals surface area contributed by atoms with Gasteiger partial charge in [0.2, 0.25) is 28.6 Å². The van der Waals surface area contributed by atoms with Crippen molar-refractivity contribution in [2.45, 2.75) is 30.8 Å². The molecule has 2 aliphatic rings. The van der Waals surface area contributed by atoms with Crippen molar-refractivity contribution in [3.05, 3.63) is 30.0 Å². The summed E-state index contributed by atoms with van der Waals surface area (Å²) in [5.74, 6) is 1.84. The highest BCUT2D eigenvalue weighted by Crippen LogP contribution is 2.35. The van der Waals surface area contributed by atoms with Crippen LogP contribution in [-0.4, -0.2) is 49.4 Å². The van der Waals surface area contributed by atoms with Crippen LogP contribution in [0, 0.1) is 0 Å². The lowest BCUT2D eigenvalue weighted by Gasteiger charge is -2.30. The van der Waals surface area contributed by atoms with Gasteiger partial charge in [0, 0.05) is 25.1 Å². The highest BCUT2D eigenvalue weighted by Gasteiger charge is 2.35. The molecule has 2 aromatic rings. The van der Waals surface area contributed by atoms with Crippen molar-refractivity contribution in [3.8, 4) is 11.5 Å². The summed E-state index contributed by atoms with van der Waals surface area (Å²) >= 11 is 0. The van der Waals surface area contributed by atoms with Gasteiger partial charge in [-0.1, -0.05) is 13.8 Å². The third kappa shape index (κ3) is 3.04. The molecule has 0 saturated carbocycles. The molecule has 10 heteroatoms. The largest absolute Gasteiger partial charge is 0.454 e. The number of rotatable bonds is 4. The van der Waals surface area contributed by atoms with E-state index >= 15 is 0 Å². The summed E-state index contributed by atoms with van der Waals surface area (Å²) in [6.07, 6.45) is -0.590. The van der Waals surface area contributed by atoms with Gasteiger partial charge >= 0.3 is 0 Å². The SMILES string of the molecule is CC(C)c1nnc([C@H]2CN(S(=O)(=O)c3ccc4c(c3)OCO4)CCO2)o1. The average molecular weight is 381 g/mol. The van der Waals surface area contributed by atoms with Gasteiger partial charge in [-0.3, -0.25) is 0 Å². The summed E-state index contributed by atoms with van der Waals surface area (Å²) in [6.45, 7) is 4.57. The van der Waals surface area contributed by atoms with Gasteiger partial charge in [-0.25, -0.2) is 8.42 Å². The van der Waals surface area contributed by atoms with Crippen LogP contribution in [0.2, 0.25) is 0 Å². The van der Waals surface area contributed by atoms with Gasteiger partial charge in [-0.15, -0.1) is 10.2 Å². The predicted molar refractivity (Wildman–Crippen MR) is 88.4 cm³/mol. The van der Waals surface area contributed by atoms with Crippen molar-refractivity contribution < 1.29 is 27.0 Å². The molecule has 2 aliphatic heterocycles. The molecule has 0 bridgehead atoms. The van der Waals surface area contributed by atoms with Gasteiger partial charge in [-0.2, -0.15) is 4.31 Å². The zero-order valence-corrected chi connectivity index (χ0v) is 15.2. The molecule has 1 saturated heterocycles. The molecule has 9 nitrogen and oxygen atoms in total. The molecule has 0 unspecified atom stereocenters. The number of fused-ring (bicyclic) bond motifs is 1. The van der Waals surface area contributed by atoms with Crippen molar-refractivity contribution >= 4 is 10.0 Å². The Balaban J connectivity index is 1.56. The topological polar surface area (TPSA) is 104 Å². The molecular weight excluding hydrogens is 362 g/mol. The van der Waals surface area contributed by atoms with Crippen LogP contribution < -0.4 is 9.47 Å². The minimum Gasteiger partial charge on any atom is -0.454 e. The highest BCUT2D eigenvalue weighted by atomic mass is 32.2. The van der Waals surface area contributed by atoms with Crippen LogP contribution in [0.25, 0.3) is 0 Å². The quantitative estimate of drug-likeness (QED) is 0.788. The van der Waals surface area contributed by atoms with Crippen LogP contribution in [0.3, 0.4) is 0 Å². The maximum Gasteiger partial charge on any atom is 0.246 e. The summed E-state index contributed by atoms with van der Waals surface area (Å²) < 4.78 is 49.1. The van der Waals surface area contributed by atoms with Crippen molar-refractivity contribution in [3.63, 3.8) is 0 Å². The Morgan fingerprint density at radius 2 is 2.00 bits per heavy atom. The van der Waals surface area contributed by atoms with Crippen LogP contribution >= 0.6 is 0 Å².